The van der Waals surface area contributed by atoms with Gasteiger partial charge >= 0.3 is 0 Å². The quantitative estimate of drug-likeness (QED) is 0.279. The molecule has 184 valence electrons. The highest BCUT2D eigenvalue weighted by Crippen LogP contribution is 2.30. The van der Waals surface area contributed by atoms with Crippen molar-refractivity contribution in [1.29, 1.82) is 5.26 Å². The van der Waals surface area contributed by atoms with E-state index in [1.807, 2.05) is 45.0 Å². The van der Waals surface area contributed by atoms with Gasteiger partial charge in [-0.2, -0.15) is 5.26 Å². The number of anilines is 2. The molecule has 8 heteroatoms. The minimum absolute atomic E-state index is 0.0889. The summed E-state index contributed by atoms with van der Waals surface area (Å²) in [5.74, 6) is -0.0996. The van der Waals surface area contributed by atoms with Gasteiger partial charge in [0.15, 0.2) is 18.1 Å². The SMILES string of the molecule is CCOc1cc(/C=C(/C#N)C(=O)Nc2ccc(Cl)cc2)ccc1OCC(=O)Nc1cc(C)ccc1C. The van der Waals surface area contributed by atoms with Gasteiger partial charge < -0.3 is 20.1 Å². The molecule has 36 heavy (non-hydrogen) atoms. The maximum absolute atomic E-state index is 12.5. The number of aryl methyl sites for hydroxylation is 2. The predicted molar refractivity (Wildman–Crippen MR) is 141 cm³/mol. The van der Waals surface area contributed by atoms with Crippen LogP contribution in [0.3, 0.4) is 0 Å². The highest BCUT2D eigenvalue weighted by Gasteiger charge is 2.13. The van der Waals surface area contributed by atoms with Gasteiger partial charge in [0.2, 0.25) is 0 Å². The number of nitrogens with zero attached hydrogens (tertiary/aromatic N) is 1. The van der Waals surface area contributed by atoms with Crippen LogP contribution in [0.4, 0.5) is 11.4 Å². The zero-order valence-corrected chi connectivity index (χ0v) is 21.0. The van der Waals surface area contributed by atoms with Crippen molar-refractivity contribution in [3.05, 3.63) is 87.9 Å². The first-order valence-corrected chi connectivity index (χ1v) is 11.6. The number of amides is 2. The zero-order chi connectivity index (χ0) is 26.1. The largest absolute Gasteiger partial charge is 0.490 e. The van der Waals surface area contributed by atoms with E-state index in [-0.39, 0.29) is 18.1 Å². The minimum atomic E-state index is -0.554. The number of halogens is 1. The second-order valence-electron chi connectivity index (χ2n) is 7.93. The summed E-state index contributed by atoms with van der Waals surface area (Å²) in [6.45, 7) is 5.84. The number of ether oxygens (including phenoxy) is 2. The van der Waals surface area contributed by atoms with Crippen LogP contribution in [0.2, 0.25) is 5.02 Å². The Labute approximate surface area is 215 Å². The molecule has 0 saturated heterocycles. The van der Waals surface area contributed by atoms with Crippen molar-refractivity contribution in [3.63, 3.8) is 0 Å². The average Bonchev–Trinajstić information content (AvgIpc) is 2.85. The van der Waals surface area contributed by atoms with Crippen molar-refractivity contribution >= 4 is 40.9 Å². The van der Waals surface area contributed by atoms with E-state index >= 15 is 0 Å². The molecule has 2 N–H and O–H groups in total. The lowest BCUT2D eigenvalue weighted by Gasteiger charge is -2.14. The number of hydrogen-bond donors (Lipinski definition) is 2. The fourth-order valence-electron chi connectivity index (χ4n) is 3.25. The van der Waals surface area contributed by atoms with Crippen molar-refractivity contribution < 1.29 is 19.1 Å². The molecule has 3 aromatic carbocycles. The van der Waals surface area contributed by atoms with Crippen LogP contribution < -0.4 is 20.1 Å². The second-order valence-corrected chi connectivity index (χ2v) is 8.36. The van der Waals surface area contributed by atoms with Crippen molar-refractivity contribution in [1.82, 2.24) is 0 Å². The molecule has 0 fully saturated rings. The fraction of sp³-hybridized carbons (Fsp3) is 0.179. The van der Waals surface area contributed by atoms with E-state index in [1.54, 1.807) is 42.5 Å². The first-order chi connectivity index (χ1) is 17.3. The highest BCUT2D eigenvalue weighted by atomic mass is 35.5. The average molecular weight is 504 g/mol. The third kappa shape index (κ3) is 7.36. The lowest BCUT2D eigenvalue weighted by molar-refractivity contribution is -0.118. The number of benzene rings is 3. The van der Waals surface area contributed by atoms with Crippen LogP contribution in [0.25, 0.3) is 6.08 Å². The van der Waals surface area contributed by atoms with Crippen molar-refractivity contribution in [2.45, 2.75) is 20.8 Å². The van der Waals surface area contributed by atoms with E-state index < -0.39 is 5.91 Å². The summed E-state index contributed by atoms with van der Waals surface area (Å²) in [6, 6.07) is 19.3. The number of carbonyl (C=O) groups is 2. The summed E-state index contributed by atoms with van der Waals surface area (Å²) in [6.07, 6.45) is 1.45. The molecule has 0 unspecified atom stereocenters. The predicted octanol–water partition coefficient (Wildman–Crippen LogP) is 5.92. The molecule has 0 spiro atoms. The van der Waals surface area contributed by atoms with E-state index in [0.717, 1.165) is 16.8 Å². The lowest BCUT2D eigenvalue weighted by atomic mass is 10.1. The Morgan fingerprint density at radius 2 is 1.72 bits per heavy atom. The lowest BCUT2D eigenvalue weighted by Crippen LogP contribution is -2.21. The van der Waals surface area contributed by atoms with Gasteiger partial charge in [-0.1, -0.05) is 29.8 Å². The smallest absolute Gasteiger partial charge is 0.266 e. The van der Waals surface area contributed by atoms with Gasteiger partial charge in [-0.25, -0.2) is 0 Å². The molecule has 0 saturated carbocycles. The van der Waals surface area contributed by atoms with Crippen LogP contribution in [-0.4, -0.2) is 25.0 Å². The summed E-state index contributed by atoms with van der Waals surface area (Å²) in [4.78, 5) is 25.0. The Bertz CT molecular complexity index is 1330. The Morgan fingerprint density at radius 3 is 2.42 bits per heavy atom. The van der Waals surface area contributed by atoms with Crippen molar-refractivity contribution in [3.8, 4) is 17.6 Å². The minimum Gasteiger partial charge on any atom is -0.490 e. The molecular formula is C28H26ClN3O4. The molecular weight excluding hydrogens is 478 g/mol. The Morgan fingerprint density at radius 1 is 0.972 bits per heavy atom. The number of carbonyl (C=O) groups excluding carboxylic acids is 2. The van der Waals surface area contributed by atoms with Gasteiger partial charge in [0.1, 0.15) is 11.6 Å². The molecule has 0 aliphatic carbocycles. The van der Waals surface area contributed by atoms with Crippen molar-refractivity contribution in [2.24, 2.45) is 0 Å². The Balaban J connectivity index is 1.71. The van der Waals surface area contributed by atoms with Crippen molar-refractivity contribution in [2.75, 3.05) is 23.8 Å². The molecule has 0 atom stereocenters. The maximum Gasteiger partial charge on any atom is 0.266 e. The third-order valence-corrected chi connectivity index (χ3v) is 5.32. The van der Waals surface area contributed by atoms with Gasteiger partial charge in [-0.05, 0) is 86.0 Å². The van der Waals surface area contributed by atoms with Crippen LogP contribution in [0.1, 0.15) is 23.6 Å². The molecule has 2 amide bonds. The second kappa shape index (κ2) is 12.4. The van der Waals surface area contributed by atoms with E-state index in [4.69, 9.17) is 21.1 Å². The fourth-order valence-corrected chi connectivity index (χ4v) is 3.37. The molecule has 0 aliphatic rings. The molecule has 0 radical (unpaired) electrons. The molecule has 3 aromatic rings. The molecule has 0 bridgehead atoms. The maximum atomic E-state index is 12.5. The summed E-state index contributed by atoms with van der Waals surface area (Å²) >= 11 is 5.87. The zero-order valence-electron chi connectivity index (χ0n) is 20.2. The van der Waals surface area contributed by atoms with E-state index in [1.165, 1.54) is 6.08 Å². The topological polar surface area (TPSA) is 100 Å². The molecule has 0 aromatic heterocycles. The van der Waals surface area contributed by atoms with Crippen LogP contribution in [-0.2, 0) is 9.59 Å². The van der Waals surface area contributed by atoms with Gasteiger partial charge in [0.25, 0.3) is 11.8 Å². The normalized spacial score (nSPS) is 10.8. The third-order valence-electron chi connectivity index (χ3n) is 5.07. The van der Waals surface area contributed by atoms with Gasteiger partial charge in [-0.15, -0.1) is 0 Å². The van der Waals surface area contributed by atoms with Crippen LogP contribution in [0, 0.1) is 25.2 Å². The standard InChI is InChI=1S/C28H26ClN3O4/c1-4-35-26-15-20(14-21(16-30)28(34)31-23-10-8-22(29)9-11-23)7-12-25(26)36-17-27(33)32-24-13-18(2)5-6-19(24)3/h5-15H,4,17H2,1-3H3,(H,31,34)(H,32,33)/b21-14-. The van der Waals surface area contributed by atoms with E-state index in [0.29, 0.717) is 34.4 Å². The number of rotatable bonds is 9. The first kappa shape index (κ1) is 26.3. The monoisotopic (exact) mass is 503 g/mol. The van der Waals surface area contributed by atoms with Crippen LogP contribution >= 0.6 is 11.6 Å². The first-order valence-electron chi connectivity index (χ1n) is 11.2. The summed E-state index contributed by atoms with van der Waals surface area (Å²) in [5.41, 5.74) is 3.71. The van der Waals surface area contributed by atoms with Crippen LogP contribution in [0.15, 0.2) is 66.2 Å². The number of nitrogens with one attached hydrogen (secondary N) is 2. The molecule has 3 rings (SSSR count). The highest BCUT2D eigenvalue weighted by molar-refractivity contribution is 6.30. The molecule has 0 heterocycles. The summed E-state index contributed by atoms with van der Waals surface area (Å²) in [5, 5.41) is 15.6. The summed E-state index contributed by atoms with van der Waals surface area (Å²) < 4.78 is 11.4. The Hall–Kier alpha value is -4.28. The van der Waals surface area contributed by atoms with Crippen LogP contribution in [0.5, 0.6) is 11.5 Å². The molecule has 0 aliphatic heterocycles. The molecule has 7 nitrogen and oxygen atoms in total. The summed E-state index contributed by atoms with van der Waals surface area (Å²) in [7, 11) is 0. The van der Waals surface area contributed by atoms with E-state index in [2.05, 4.69) is 10.6 Å². The Kier molecular flexibility index (Phi) is 9.09. The van der Waals surface area contributed by atoms with E-state index in [9.17, 15) is 14.9 Å². The number of hydrogen-bond acceptors (Lipinski definition) is 5. The van der Waals surface area contributed by atoms with Gasteiger partial charge in [0, 0.05) is 16.4 Å². The van der Waals surface area contributed by atoms with Gasteiger partial charge in [0.05, 0.1) is 6.61 Å². The van der Waals surface area contributed by atoms with Gasteiger partial charge in [-0.3, -0.25) is 9.59 Å². The number of nitriles is 1.